The average molecular weight is 225 g/mol. The van der Waals surface area contributed by atoms with Crippen molar-refractivity contribution in [3.8, 4) is 0 Å². The third-order valence-corrected chi connectivity index (χ3v) is 3.05. The predicted octanol–water partition coefficient (Wildman–Crippen LogP) is 4.63. The zero-order valence-corrected chi connectivity index (χ0v) is 12.3. The Morgan fingerprint density at radius 1 is 1.25 bits per heavy atom. The Labute approximate surface area is 103 Å². The Kier molecular flexibility index (Phi) is 7.74. The molecule has 0 aromatic rings. The first-order chi connectivity index (χ1) is 7.47. The highest BCUT2D eigenvalue weighted by Crippen LogP contribution is 2.24. The topological polar surface area (TPSA) is 3.24 Å². The summed E-state index contributed by atoms with van der Waals surface area (Å²) in [5, 5.41) is 0. The first-order valence-electron chi connectivity index (χ1n) is 6.88. The van der Waals surface area contributed by atoms with Gasteiger partial charge in [-0.25, -0.2) is 0 Å². The van der Waals surface area contributed by atoms with Crippen molar-refractivity contribution in [2.75, 3.05) is 13.1 Å². The highest BCUT2D eigenvalue weighted by Gasteiger charge is 2.26. The van der Waals surface area contributed by atoms with Gasteiger partial charge < -0.3 is 0 Å². The maximum Gasteiger partial charge on any atom is 0.0195 e. The Morgan fingerprint density at radius 2 is 1.81 bits per heavy atom. The Hall–Kier alpha value is -0.300. The van der Waals surface area contributed by atoms with Crippen LogP contribution in [0.25, 0.3) is 0 Å². The van der Waals surface area contributed by atoms with Gasteiger partial charge in [0.25, 0.3) is 0 Å². The van der Waals surface area contributed by atoms with Crippen LogP contribution in [0.1, 0.15) is 67.2 Å². The second-order valence-corrected chi connectivity index (χ2v) is 5.53. The van der Waals surface area contributed by atoms with Crippen molar-refractivity contribution in [2.45, 2.75) is 72.8 Å². The molecule has 96 valence electrons. The molecule has 1 heteroatoms. The molecule has 0 N–H and O–H groups in total. The molecule has 0 aliphatic carbocycles. The number of nitrogens with zero attached hydrogens (tertiary/aromatic N) is 1. The summed E-state index contributed by atoms with van der Waals surface area (Å²) < 4.78 is 0. The molecule has 0 atom stereocenters. The van der Waals surface area contributed by atoms with Gasteiger partial charge in [-0.15, -0.1) is 0 Å². The molecule has 0 amide bonds. The van der Waals surface area contributed by atoms with Crippen molar-refractivity contribution in [1.29, 1.82) is 0 Å². The van der Waals surface area contributed by atoms with Gasteiger partial charge in [-0.2, -0.15) is 0 Å². The van der Waals surface area contributed by atoms with E-state index in [0.717, 1.165) is 0 Å². The van der Waals surface area contributed by atoms with E-state index in [2.05, 4.69) is 52.5 Å². The molecule has 0 bridgehead atoms. The first-order valence-corrected chi connectivity index (χ1v) is 6.88. The summed E-state index contributed by atoms with van der Waals surface area (Å²) in [5.74, 6) is 0. The van der Waals surface area contributed by atoms with Crippen LogP contribution in [0.15, 0.2) is 11.6 Å². The molecule has 1 aliphatic heterocycles. The molecule has 0 radical (unpaired) electrons. The zero-order valence-electron chi connectivity index (χ0n) is 12.3. The van der Waals surface area contributed by atoms with Crippen LogP contribution in [0, 0.1) is 0 Å². The highest BCUT2D eigenvalue weighted by atomic mass is 15.2. The lowest BCUT2D eigenvalue weighted by Crippen LogP contribution is -2.46. The molecule has 1 rings (SSSR count). The molecule has 0 spiro atoms. The van der Waals surface area contributed by atoms with Gasteiger partial charge >= 0.3 is 0 Å². The summed E-state index contributed by atoms with van der Waals surface area (Å²) in [4.78, 5) is 2.62. The normalized spacial score (nSPS) is 17.5. The molecule has 1 nitrogen and oxygen atoms in total. The maximum atomic E-state index is 2.62. The van der Waals surface area contributed by atoms with Gasteiger partial charge in [-0.05, 0) is 33.6 Å². The molecule has 0 aromatic carbocycles. The van der Waals surface area contributed by atoms with E-state index >= 15 is 0 Å². The van der Waals surface area contributed by atoms with Crippen molar-refractivity contribution >= 4 is 0 Å². The van der Waals surface area contributed by atoms with E-state index < -0.39 is 0 Å². The number of hydrogen-bond acceptors (Lipinski definition) is 1. The fourth-order valence-electron chi connectivity index (χ4n) is 2.20. The average Bonchev–Trinajstić information content (AvgIpc) is 2.19. The largest absolute Gasteiger partial charge is 0.294 e. The minimum Gasteiger partial charge on any atom is -0.294 e. The highest BCUT2D eigenvalue weighted by molar-refractivity contribution is 5.06. The fourth-order valence-corrected chi connectivity index (χ4v) is 2.20. The van der Waals surface area contributed by atoms with E-state index in [9.17, 15) is 0 Å². The minimum absolute atomic E-state index is 0.393. The maximum absolute atomic E-state index is 2.62. The van der Waals surface area contributed by atoms with E-state index in [1.807, 2.05) is 0 Å². The van der Waals surface area contributed by atoms with Crippen LogP contribution in [0.3, 0.4) is 0 Å². The summed E-state index contributed by atoms with van der Waals surface area (Å²) in [6.45, 7) is 15.9. The van der Waals surface area contributed by atoms with Crippen molar-refractivity contribution in [3.05, 3.63) is 11.6 Å². The van der Waals surface area contributed by atoms with Crippen LogP contribution >= 0.6 is 0 Å². The molecule has 0 saturated heterocycles. The summed E-state index contributed by atoms with van der Waals surface area (Å²) in [6, 6.07) is 0. The molecule has 0 fully saturated rings. The van der Waals surface area contributed by atoms with Gasteiger partial charge in [0.2, 0.25) is 0 Å². The zero-order chi connectivity index (χ0) is 12.6. The van der Waals surface area contributed by atoms with Crippen molar-refractivity contribution in [3.63, 3.8) is 0 Å². The lowest BCUT2D eigenvalue weighted by molar-refractivity contribution is 0.118. The number of hydrogen-bond donors (Lipinski definition) is 0. The third kappa shape index (κ3) is 5.69. The van der Waals surface area contributed by atoms with Crippen LogP contribution in [0.2, 0.25) is 0 Å². The summed E-state index contributed by atoms with van der Waals surface area (Å²) in [7, 11) is 0. The van der Waals surface area contributed by atoms with Crippen LogP contribution < -0.4 is 0 Å². The quantitative estimate of drug-likeness (QED) is 0.633. The Bertz CT molecular complexity index is 203. The standard InChI is InChI=1S/C12H23N.C3H8/c1-5-8-12(3,4)13-9-6-7-11(2)10-13;1-3-2/h7H,5-6,8-10H2,1-4H3;3H2,1-2H3. The van der Waals surface area contributed by atoms with Crippen LogP contribution in [0.4, 0.5) is 0 Å². The third-order valence-electron chi connectivity index (χ3n) is 3.05. The molecule has 0 aromatic heterocycles. The molecule has 0 unspecified atom stereocenters. The summed E-state index contributed by atoms with van der Waals surface area (Å²) in [5.41, 5.74) is 1.93. The van der Waals surface area contributed by atoms with Gasteiger partial charge in [0.05, 0.1) is 0 Å². The molecular weight excluding hydrogens is 194 g/mol. The Morgan fingerprint density at radius 3 is 2.25 bits per heavy atom. The van der Waals surface area contributed by atoms with Gasteiger partial charge in [-0.1, -0.05) is 45.3 Å². The fraction of sp³-hybridized carbons (Fsp3) is 0.867. The molecule has 1 heterocycles. The van der Waals surface area contributed by atoms with E-state index in [-0.39, 0.29) is 0 Å². The summed E-state index contributed by atoms with van der Waals surface area (Å²) in [6.07, 6.45) is 7.45. The monoisotopic (exact) mass is 225 g/mol. The second kappa shape index (κ2) is 7.89. The van der Waals surface area contributed by atoms with Gasteiger partial charge in [0.1, 0.15) is 0 Å². The van der Waals surface area contributed by atoms with Crippen LogP contribution in [0.5, 0.6) is 0 Å². The lowest BCUT2D eigenvalue weighted by atomic mass is 9.94. The van der Waals surface area contributed by atoms with Crippen LogP contribution in [-0.2, 0) is 0 Å². The molecule has 1 aliphatic rings. The van der Waals surface area contributed by atoms with Gasteiger partial charge in [-0.3, -0.25) is 4.90 Å². The van der Waals surface area contributed by atoms with Crippen LogP contribution in [-0.4, -0.2) is 23.5 Å². The van der Waals surface area contributed by atoms with Gasteiger partial charge in [0, 0.05) is 18.6 Å². The summed E-state index contributed by atoms with van der Waals surface area (Å²) >= 11 is 0. The molecule has 0 saturated carbocycles. The molecule has 16 heavy (non-hydrogen) atoms. The van der Waals surface area contributed by atoms with Crippen molar-refractivity contribution in [2.24, 2.45) is 0 Å². The van der Waals surface area contributed by atoms with E-state index in [1.165, 1.54) is 44.3 Å². The smallest absolute Gasteiger partial charge is 0.0195 e. The Balaban J connectivity index is 0.000000673. The predicted molar refractivity (Wildman–Crippen MR) is 74.9 cm³/mol. The minimum atomic E-state index is 0.393. The van der Waals surface area contributed by atoms with Crippen molar-refractivity contribution < 1.29 is 0 Å². The number of rotatable bonds is 3. The van der Waals surface area contributed by atoms with Crippen molar-refractivity contribution in [1.82, 2.24) is 4.90 Å². The van der Waals surface area contributed by atoms with E-state index in [0.29, 0.717) is 5.54 Å². The first kappa shape index (κ1) is 15.7. The van der Waals surface area contributed by atoms with E-state index in [1.54, 1.807) is 0 Å². The van der Waals surface area contributed by atoms with E-state index in [4.69, 9.17) is 0 Å². The second-order valence-electron chi connectivity index (χ2n) is 5.53. The lowest BCUT2D eigenvalue weighted by Gasteiger charge is -2.40. The SMILES string of the molecule is CCC.CCCC(C)(C)N1CCC=C(C)C1. The van der Waals surface area contributed by atoms with Gasteiger partial charge in [0.15, 0.2) is 0 Å². The molecular formula is C15H31N.